The number of nitrogens with zero attached hydrogens (tertiary/aromatic N) is 1. The molecule has 18 heavy (non-hydrogen) atoms. The fraction of sp³-hybridized carbons (Fsp3) is 0.800. The molecule has 0 bridgehead atoms. The van der Waals surface area contributed by atoms with Crippen LogP contribution in [-0.4, -0.2) is 84.1 Å². The summed E-state index contributed by atoms with van der Waals surface area (Å²) in [5.41, 5.74) is 5.38. The molecule has 0 aliphatic heterocycles. The Kier molecular flexibility index (Phi) is 7.64. The SMILES string of the molecule is CN(C)CC(=O)O[C@@H]([C@H](O)[C@H](O)CO)[C@@H](N)C=O. The van der Waals surface area contributed by atoms with Gasteiger partial charge in [-0.25, -0.2) is 0 Å². The second kappa shape index (κ2) is 8.11. The number of carbonyl (C=O) groups excluding carboxylic acids is 2. The van der Waals surface area contributed by atoms with Gasteiger partial charge in [-0.15, -0.1) is 0 Å². The van der Waals surface area contributed by atoms with Gasteiger partial charge in [0.05, 0.1) is 13.2 Å². The average Bonchev–Trinajstić information content (AvgIpc) is 2.32. The number of aliphatic hydroxyl groups is 3. The highest BCUT2D eigenvalue weighted by Crippen LogP contribution is 2.08. The topological polar surface area (TPSA) is 133 Å². The molecule has 0 heterocycles. The summed E-state index contributed by atoms with van der Waals surface area (Å²) in [5.74, 6) is -0.702. The highest BCUT2D eigenvalue weighted by molar-refractivity contribution is 5.72. The molecule has 106 valence electrons. The molecule has 0 aromatic heterocycles. The lowest BCUT2D eigenvalue weighted by Gasteiger charge is -2.28. The first-order valence-electron chi connectivity index (χ1n) is 5.35. The second-order valence-electron chi connectivity index (χ2n) is 4.15. The van der Waals surface area contributed by atoms with Gasteiger partial charge in [0.25, 0.3) is 0 Å². The van der Waals surface area contributed by atoms with Crippen LogP contribution in [0, 0.1) is 0 Å². The van der Waals surface area contributed by atoms with Crippen molar-refractivity contribution in [3.8, 4) is 0 Å². The van der Waals surface area contributed by atoms with Crippen LogP contribution in [0.2, 0.25) is 0 Å². The van der Waals surface area contributed by atoms with E-state index in [9.17, 15) is 19.8 Å². The van der Waals surface area contributed by atoms with E-state index in [-0.39, 0.29) is 6.54 Å². The molecule has 0 aromatic rings. The lowest BCUT2D eigenvalue weighted by Crippen LogP contribution is -2.52. The maximum Gasteiger partial charge on any atom is 0.320 e. The van der Waals surface area contributed by atoms with Crippen molar-refractivity contribution in [1.29, 1.82) is 0 Å². The number of ether oxygens (including phenoxy) is 1. The van der Waals surface area contributed by atoms with Gasteiger partial charge < -0.3 is 30.6 Å². The summed E-state index contributed by atoms with van der Waals surface area (Å²) in [7, 11) is 3.27. The first kappa shape index (κ1) is 16.9. The van der Waals surface area contributed by atoms with Crippen LogP contribution in [-0.2, 0) is 14.3 Å². The second-order valence-corrected chi connectivity index (χ2v) is 4.15. The van der Waals surface area contributed by atoms with Crippen LogP contribution < -0.4 is 5.73 Å². The third-order valence-electron chi connectivity index (χ3n) is 2.17. The zero-order valence-corrected chi connectivity index (χ0v) is 10.4. The number of aldehydes is 1. The van der Waals surface area contributed by atoms with Crippen LogP contribution in [0.5, 0.6) is 0 Å². The van der Waals surface area contributed by atoms with Crippen LogP contribution in [0.15, 0.2) is 0 Å². The maximum absolute atomic E-state index is 11.4. The minimum absolute atomic E-state index is 0.0655. The van der Waals surface area contributed by atoms with Crippen molar-refractivity contribution in [2.45, 2.75) is 24.4 Å². The molecule has 0 amide bonds. The van der Waals surface area contributed by atoms with Crippen molar-refractivity contribution < 1.29 is 29.6 Å². The zero-order chi connectivity index (χ0) is 14.3. The van der Waals surface area contributed by atoms with Gasteiger partial charge in [-0.1, -0.05) is 0 Å². The summed E-state index contributed by atoms with van der Waals surface area (Å²) in [6, 6.07) is -1.28. The molecule has 0 saturated heterocycles. The van der Waals surface area contributed by atoms with E-state index in [2.05, 4.69) is 0 Å². The highest BCUT2D eigenvalue weighted by atomic mass is 16.6. The summed E-state index contributed by atoms with van der Waals surface area (Å²) in [6.45, 7) is -0.807. The van der Waals surface area contributed by atoms with E-state index >= 15 is 0 Å². The molecule has 0 aliphatic carbocycles. The molecule has 0 unspecified atom stereocenters. The van der Waals surface area contributed by atoms with Crippen LogP contribution in [0.4, 0.5) is 0 Å². The van der Waals surface area contributed by atoms with Crippen molar-refractivity contribution in [3.05, 3.63) is 0 Å². The van der Waals surface area contributed by atoms with Gasteiger partial charge in [-0.05, 0) is 14.1 Å². The zero-order valence-electron chi connectivity index (χ0n) is 10.4. The summed E-state index contributed by atoms with van der Waals surface area (Å²) in [5, 5.41) is 27.6. The van der Waals surface area contributed by atoms with Gasteiger partial charge in [-0.3, -0.25) is 9.69 Å². The van der Waals surface area contributed by atoms with Gasteiger partial charge >= 0.3 is 5.97 Å². The largest absolute Gasteiger partial charge is 0.456 e. The lowest BCUT2D eigenvalue weighted by molar-refractivity contribution is -0.164. The molecule has 8 heteroatoms. The molecule has 0 saturated carbocycles. The number of rotatable bonds is 8. The number of carbonyl (C=O) groups is 2. The molecular weight excluding hydrogens is 244 g/mol. The van der Waals surface area contributed by atoms with Gasteiger partial charge in [0, 0.05) is 0 Å². The van der Waals surface area contributed by atoms with E-state index < -0.39 is 36.9 Å². The van der Waals surface area contributed by atoms with Crippen molar-refractivity contribution in [3.63, 3.8) is 0 Å². The molecule has 0 rings (SSSR count). The Hall–Kier alpha value is -1.06. The summed E-state index contributed by atoms with van der Waals surface area (Å²) < 4.78 is 4.84. The molecule has 0 spiro atoms. The standard InChI is InChI=1S/C10H20N2O6/c1-12(2)3-8(16)18-10(6(11)4-13)9(17)7(15)5-14/h4,6-7,9-10,14-15,17H,3,5,11H2,1-2H3/t6-,7+,9+,10+/m0/s1. The first-order chi connectivity index (χ1) is 8.33. The van der Waals surface area contributed by atoms with Gasteiger partial charge in [0.2, 0.25) is 0 Å². The van der Waals surface area contributed by atoms with Gasteiger partial charge in [0.1, 0.15) is 24.5 Å². The van der Waals surface area contributed by atoms with Crippen molar-refractivity contribution in [2.75, 3.05) is 27.2 Å². The van der Waals surface area contributed by atoms with E-state index in [1.54, 1.807) is 14.1 Å². The Balaban J connectivity index is 4.68. The third-order valence-corrected chi connectivity index (χ3v) is 2.17. The lowest BCUT2D eigenvalue weighted by atomic mass is 10.0. The Morgan fingerprint density at radius 1 is 1.44 bits per heavy atom. The average molecular weight is 264 g/mol. The summed E-state index contributed by atoms with van der Waals surface area (Å²) in [4.78, 5) is 23.5. The van der Waals surface area contributed by atoms with Gasteiger partial charge in [0.15, 0.2) is 6.10 Å². The van der Waals surface area contributed by atoms with E-state index in [1.807, 2.05) is 0 Å². The summed E-state index contributed by atoms with van der Waals surface area (Å²) in [6.07, 6.45) is -4.30. The van der Waals surface area contributed by atoms with Crippen LogP contribution in [0.1, 0.15) is 0 Å². The van der Waals surface area contributed by atoms with Crippen molar-refractivity contribution in [2.24, 2.45) is 5.73 Å². The molecule has 0 fully saturated rings. The molecule has 0 radical (unpaired) electrons. The Bertz CT molecular complexity index is 273. The third kappa shape index (κ3) is 5.52. The first-order valence-corrected chi connectivity index (χ1v) is 5.35. The minimum atomic E-state index is -1.64. The number of nitrogens with two attached hydrogens (primary N) is 1. The van der Waals surface area contributed by atoms with Crippen molar-refractivity contribution in [1.82, 2.24) is 4.90 Å². The molecule has 0 aromatic carbocycles. The van der Waals surface area contributed by atoms with E-state index in [4.69, 9.17) is 15.6 Å². The van der Waals surface area contributed by atoms with E-state index in [1.165, 1.54) is 4.90 Å². The number of hydrogen-bond acceptors (Lipinski definition) is 8. The highest BCUT2D eigenvalue weighted by Gasteiger charge is 2.34. The predicted molar refractivity (Wildman–Crippen MR) is 61.6 cm³/mol. The molecule has 5 N–H and O–H groups in total. The van der Waals surface area contributed by atoms with E-state index in [0.29, 0.717) is 6.29 Å². The quantitative estimate of drug-likeness (QED) is 0.265. The Morgan fingerprint density at radius 3 is 2.39 bits per heavy atom. The van der Waals surface area contributed by atoms with Crippen LogP contribution in [0.3, 0.4) is 0 Å². The fourth-order valence-corrected chi connectivity index (χ4v) is 1.23. The number of likely N-dealkylation sites (N-methyl/N-ethyl adjacent to an activating group) is 1. The number of hydrogen-bond donors (Lipinski definition) is 4. The predicted octanol–water partition coefficient (Wildman–Crippen LogP) is -3.30. The van der Waals surface area contributed by atoms with E-state index in [0.717, 1.165) is 0 Å². The fourth-order valence-electron chi connectivity index (χ4n) is 1.23. The number of aliphatic hydroxyl groups excluding tert-OH is 3. The number of esters is 1. The molecule has 8 nitrogen and oxygen atoms in total. The molecule has 4 atom stereocenters. The normalized spacial score (nSPS) is 17.9. The molecular formula is C10H20N2O6. The minimum Gasteiger partial charge on any atom is -0.456 e. The smallest absolute Gasteiger partial charge is 0.320 e. The molecule has 0 aliphatic rings. The monoisotopic (exact) mass is 264 g/mol. The van der Waals surface area contributed by atoms with Crippen molar-refractivity contribution >= 4 is 12.3 Å². The van der Waals surface area contributed by atoms with Gasteiger partial charge in [-0.2, -0.15) is 0 Å². The maximum atomic E-state index is 11.4. The van der Waals surface area contributed by atoms with Crippen LogP contribution >= 0.6 is 0 Å². The summed E-state index contributed by atoms with van der Waals surface area (Å²) >= 11 is 0. The Morgan fingerprint density at radius 2 is 2.00 bits per heavy atom. The van der Waals surface area contributed by atoms with Crippen LogP contribution in [0.25, 0.3) is 0 Å². The Labute approximate surface area is 105 Å².